The molecule has 1 rings (SSSR count). The van der Waals surface area contributed by atoms with E-state index in [0.717, 1.165) is 12.3 Å². The fourth-order valence-corrected chi connectivity index (χ4v) is 0.568. The summed E-state index contributed by atoms with van der Waals surface area (Å²) in [5, 5.41) is 0. The zero-order chi connectivity index (χ0) is 5.82. The summed E-state index contributed by atoms with van der Waals surface area (Å²) in [5.41, 5.74) is 0. The highest BCUT2D eigenvalue weighted by Crippen LogP contribution is 2.31. The van der Waals surface area contributed by atoms with Gasteiger partial charge in [-0.1, -0.05) is 5.92 Å². The molecule has 0 aromatic heterocycles. The number of rotatable bonds is 1. The van der Waals surface area contributed by atoms with Crippen molar-refractivity contribution in [2.75, 3.05) is 0 Å². The Morgan fingerprint density at radius 2 is 2.25 bits per heavy atom. The molecule has 0 unspecified atom stereocenters. The summed E-state index contributed by atoms with van der Waals surface area (Å²) in [7, 11) is 0. The van der Waals surface area contributed by atoms with E-state index >= 15 is 0 Å². The van der Waals surface area contributed by atoms with Crippen molar-refractivity contribution in [1.82, 2.24) is 0 Å². The van der Waals surface area contributed by atoms with Gasteiger partial charge in [0, 0.05) is 6.42 Å². The molecule has 0 amide bonds. The lowest BCUT2D eigenvalue weighted by Gasteiger charge is -1.75. The van der Waals surface area contributed by atoms with E-state index in [1.54, 1.807) is 0 Å². The Morgan fingerprint density at radius 3 is 2.75 bits per heavy atom. The van der Waals surface area contributed by atoms with Crippen LogP contribution in [0.3, 0.4) is 0 Å². The Kier molecular flexibility index (Phi) is 1.60. The van der Waals surface area contributed by atoms with Crippen LogP contribution in [0.1, 0.15) is 19.3 Å². The van der Waals surface area contributed by atoms with Crippen molar-refractivity contribution >= 4 is 0 Å². The summed E-state index contributed by atoms with van der Waals surface area (Å²) in [4.78, 5) is 0. The quantitative estimate of drug-likeness (QED) is 0.441. The molecular formula is C8H8. The van der Waals surface area contributed by atoms with Gasteiger partial charge in [0.1, 0.15) is 0 Å². The molecule has 1 saturated carbocycles. The second kappa shape index (κ2) is 2.43. The third kappa shape index (κ3) is 1.71. The highest BCUT2D eigenvalue weighted by Gasteiger charge is 2.19. The molecule has 40 valence electrons. The fourth-order valence-electron chi connectivity index (χ4n) is 0.568. The first-order valence-electron chi connectivity index (χ1n) is 2.87. The van der Waals surface area contributed by atoms with E-state index in [-0.39, 0.29) is 0 Å². The van der Waals surface area contributed by atoms with Gasteiger partial charge >= 0.3 is 0 Å². The Hall–Kier alpha value is -0.880. The van der Waals surface area contributed by atoms with Crippen LogP contribution in [0.2, 0.25) is 0 Å². The van der Waals surface area contributed by atoms with Gasteiger partial charge in [-0.3, -0.25) is 0 Å². The summed E-state index contributed by atoms with van der Waals surface area (Å²) in [6.45, 7) is 0. The van der Waals surface area contributed by atoms with Gasteiger partial charge in [0.2, 0.25) is 0 Å². The SMILES string of the molecule is C#CC#CCC1CC1. The van der Waals surface area contributed by atoms with Gasteiger partial charge in [0.15, 0.2) is 0 Å². The van der Waals surface area contributed by atoms with Crippen LogP contribution in [0.25, 0.3) is 0 Å². The van der Waals surface area contributed by atoms with Gasteiger partial charge in [0.05, 0.1) is 0 Å². The maximum atomic E-state index is 4.91. The Balaban J connectivity index is 2.12. The van der Waals surface area contributed by atoms with Crippen molar-refractivity contribution in [2.24, 2.45) is 5.92 Å². The van der Waals surface area contributed by atoms with Crippen molar-refractivity contribution in [1.29, 1.82) is 0 Å². The number of terminal acetylenes is 1. The van der Waals surface area contributed by atoms with E-state index in [2.05, 4.69) is 17.8 Å². The second-order valence-corrected chi connectivity index (χ2v) is 2.09. The third-order valence-corrected chi connectivity index (χ3v) is 1.25. The molecule has 0 aromatic rings. The monoisotopic (exact) mass is 104 g/mol. The molecule has 1 fully saturated rings. The van der Waals surface area contributed by atoms with Crippen molar-refractivity contribution < 1.29 is 0 Å². The minimum absolute atomic E-state index is 0.885. The maximum Gasteiger partial charge on any atom is 0.0127 e. The molecule has 0 N–H and O–H groups in total. The normalized spacial score (nSPS) is 15.9. The molecule has 0 heteroatoms. The minimum Gasteiger partial charge on any atom is -0.106 e. The summed E-state index contributed by atoms with van der Waals surface area (Å²) >= 11 is 0. The molecule has 0 aliphatic heterocycles. The van der Waals surface area contributed by atoms with Crippen molar-refractivity contribution in [3.63, 3.8) is 0 Å². The van der Waals surface area contributed by atoms with Crippen LogP contribution in [0.5, 0.6) is 0 Å². The lowest BCUT2D eigenvalue weighted by molar-refractivity contribution is 0.884. The molecule has 0 atom stereocenters. The largest absolute Gasteiger partial charge is 0.106 e. The molecule has 0 radical (unpaired) electrons. The molecule has 0 nitrogen and oxygen atoms in total. The standard InChI is InChI=1S/C8H8/c1-2-3-4-5-8-6-7-8/h1,8H,5-7H2. The number of hydrogen-bond acceptors (Lipinski definition) is 0. The predicted molar refractivity (Wildman–Crippen MR) is 33.9 cm³/mol. The molecule has 0 bridgehead atoms. The zero-order valence-electron chi connectivity index (χ0n) is 4.78. The third-order valence-electron chi connectivity index (χ3n) is 1.25. The van der Waals surface area contributed by atoms with E-state index in [4.69, 9.17) is 6.42 Å². The van der Waals surface area contributed by atoms with E-state index < -0.39 is 0 Å². The summed E-state index contributed by atoms with van der Waals surface area (Å²) in [5.74, 6) is 8.68. The first kappa shape index (κ1) is 5.26. The van der Waals surface area contributed by atoms with Crippen LogP contribution < -0.4 is 0 Å². The smallest absolute Gasteiger partial charge is 0.0127 e. The van der Waals surface area contributed by atoms with Gasteiger partial charge in [-0.05, 0) is 30.6 Å². The molecule has 8 heavy (non-hydrogen) atoms. The lowest BCUT2D eigenvalue weighted by Crippen LogP contribution is -1.66. The van der Waals surface area contributed by atoms with Gasteiger partial charge in [0.25, 0.3) is 0 Å². The summed E-state index contributed by atoms with van der Waals surface area (Å²) in [6, 6.07) is 0. The van der Waals surface area contributed by atoms with E-state index in [9.17, 15) is 0 Å². The topological polar surface area (TPSA) is 0 Å². The predicted octanol–water partition coefficient (Wildman–Crippen LogP) is 1.42. The average Bonchev–Trinajstić information content (AvgIpc) is 2.51. The van der Waals surface area contributed by atoms with Crippen LogP contribution in [-0.4, -0.2) is 0 Å². The molecule has 0 saturated heterocycles. The molecular weight excluding hydrogens is 96.1 g/mol. The summed E-state index contributed by atoms with van der Waals surface area (Å²) < 4.78 is 0. The van der Waals surface area contributed by atoms with Crippen LogP contribution in [0, 0.1) is 30.1 Å². The molecule has 0 spiro atoms. The average molecular weight is 104 g/mol. The molecule has 0 heterocycles. The molecule has 1 aliphatic rings. The number of hydrogen-bond donors (Lipinski definition) is 0. The van der Waals surface area contributed by atoms with Crippen molar-refractivity contribution in [3.05, 3.63) is 0 Å². The second-order valence-electron chi connectivity index (χ2n) is 2.09. The Labute approximate surface area is 50.3 Å². The first-order chi connectivity index (χ1) is 3.93. The Bertz CT molecular complexity index is 157. The van der Waals surface area contributed by atoms with Gasteiger partial charge in [-0.25, -0.2) is 0 Å². The van der Waals surface area contributed by atoms with Crippen molar-refractivity contribution in [3.8, 4) is 24.2 Å². The van der Waals surface area contributed by atoms with Crippen LogP contribution >= 0.6 is 0 Å². The van der Waals surface area contributed by atoms with Gasteiger partial charge < -0.3 is 0 Å². The van der Waals surface area contributed by atoms with E-state index in [1.807, 2.05) is 0 Å². The summed E-state index contributed by atoms with van der Waals surface area (Å²) in [6.07, 6.45) is 8.65. The van der Waals surface area contributed by atoms with E-state index in [1.165, 1.54) is 12.8 Å². The lowest BCUT2D eigenvalue weighted by atomic mass is 10.3. The maximum absolute atomic E-state index is 4.91. The highest BCUT2D eigenvalue weighted by molar-refractivity contribution is 5.22. The van der Waals surface area contributed by atoms with Crippen LogP contribution in [-0.2, 0) is 0 Å². The first-order valence-corrected chi connectivity index (χ1v) is 2.87. The minimum atomic E-state index is 0.885. The zero-order valence-corrected chi connectivity index (χ0v) is 4.78. The van der Waals surface area contributed by atoms with Gasteiger partial charge in [-0.2, -0.15) is 0 Å². The molecule has 1 aliphatic carbocycles. The Morgan fingerprint density at radius 1 is 1.50 bits per heavy atom. The van der Waals surface area contributed by atoms with Crippen LogP contribution in [0.4, 0.5) is 0 Å². The van der Waals surface area contributed by atoms with Crippen LogP contribution in [0.15, 0.2) is 0 Å². The van der Waals surface area contributed by atoms with E-state index in [0.29, 0.717) is 0 Å². The van der Waals surface area contributed by atoms with Crippen molar-refractivity contribution in [2.45, 2.75) is 19.3 Å². The molecule has 0 aromatic carbocycles. The fraction of sp³-hybridized carbons (Fsp3) is 0.500. The van der Waals surface area contributed by atoms with Gasteiger partial charge in [-0.15, -0.1) is 6.42 Å². The highest BCUT2D eigenvalue weighted by atomic mass is 14.2.